The molecule has 1 heterocycles. The Morgan fingerprint density at radius 1 is 1.27 bits per heavy atom. The first-order valence-electron chi connectivity index (χ1n) is 4.13. The van der Waals surface area contributed by atoms with Gasteiger partial charge in [-0.15, -0.1) is 0 Å². The number of fused-ring (bicyclic) bond motifs is 1. The van der Waals surface area contributed by atoms with Gasteiger partial charge in [0.2, 0.25) is 0 Å². The van der Waals surface area contributed by atoms with Gasteiger partial charge >= 0.3 is 0 Å². The van der Waals surface area contributed by atoms with Crippen LogP contribution in [0.25, 0.3) is 0 Å². The maximum Gasteiger partial charge on any atom is 0.271 e. The Morgan fingerprint density at radius 3 is 2.67 bits per heavy atom. The zero-order valence-corrected chi connectivity index (χ0v) is 7.61. The summed E-state index contributed by atoms with van der Waals surface area (Å²) in [7, 11) is 0. The van der Waals surface area contributed by atoms with Crippen molar-refractivity contribution in [1.82, 2.24) is 0 Å². The van der Waals surface area contributed by atoms with Gasteiger partial charge in [-0.3, -0.25) is 14.9 Å². The summed E-state index contributed by atoms with van der Waals surface area (Å²) in [6.07, 6.45) is 0. The van der Waals surface area contributed by atoms with E-state index < -0.39 is 4.92 Å². The van der Waals surface area contributed by atoms with Gasteiger partial charge in [-0.1, -0.05) is 6.58 Å². The molecule has 0 saturated heterocycles. The van der Waals surface area contributed by atoms with E-state index >= 15 is 0 Å². The number of nitrogens with one attached hydrogen (secondary N) is 2. The fraction of sp³-hybridized carbons (Fsp3) is 0. The van der Waals surface area contributed by atoms with Gasteiger partial charge in [0.05, 0.1) is 22.0 Å². The minimum absolute atomic E-state index is 0.0663. The van der Waals surface area contributed by atoms with Crippen LogP contribution < -0.4 is 10.6 Å². The van der Waals surface area contributed by atoms with E-state index in [1.165, 1.54) is 18.2 Å². The van der Waals surface area contributed by atoms with Crippen LogP contribution in [-0.2, 0) is 4.79 Å². The van der Waals surface area contributed by atoms with Crippen molar-refractivity contribution in [3.8, 4) is 0 Å². The molecular weight excluding hydrogens is 198 g/mol. The molecule has 1 aromatic carbocycles. The number of carbonyl (C=O) groups excluding carboxylic acids is 1. The van der Waals surface area contributed by atoms with Crippen molar-refractivity contribution in [3.63, 3.8) is 0 Å². The fourth-order valence-corrected chi connectivity index (χ4v) is 1.28. The Balaban J connectivity index is 2.46. The van der Waals surface area contributed by atoms with Gasteiger partial charge in [0, 0.05) is 12.1 Å². The van der Waals surface area contributed by atoms with Crippen molar-refractivity contribution in [2.45, 2.75) is 0 Å². The summed E-state index contributed by atoms with van der Waals surface area (Å²) in [6.45, 7) is 3.49. The molecule has 1 amide bonds. The molecule has 76 valence electrons. The standard InChI is InChI=1S/C9H7N3O3/c1-5-9(13)11-8-4-6(12(14)15)2-3-7(8)10-5/h2-4,10H,1H2,(H,11,13). The summed E-state index contributed by atoms with van der Waals surface area (Å²) in [5.74, 6) is -0.386. The van der Waals surface area contributed by atoms with Crippen LogP contribution in [0.15, 0.2) is 30.5 Å². The van der Waals surface area contributed by atoms with E-state index in [0.717, 1.165) is 0 Å². The minimum Gasteiger partial charge on any atom is -0.350 e. The van der Waals surface area contributed by atoms with Crippen LogP contribution in [0.4, 0.5) is 17.1 Å². The first kappa shape index (κ1) is 9.20. The Bertz CT molecular complexity index is 481. The predicted octanol–water partition coefficient (Wildman–Crippen LogP) is 1.47. The average Bonchev–Trinajstić information content (AvgIpc) is 2.19. The Morgan fingerprint density at radius 2 is 2.00 bits per heavy atom. The monoisotopic (exact) mass is 205 g/mol. The van der Waals surface area contributed by atoms with Crippen molar-refractivity contribution in [1.29, 1.82) is 0 Å². The molecular formula is C9H7N3O3. The lowest BCUT2D eigenvalue weighted by Gasteiger charge is -2.19. The summed E-state index contributed by atoms with van der Waals surface area (Å²) in [6, 6.07) is 4.18. The summed E-state index contributed by atoms with van der Waals surface area (Å²) < 4.78 is 0. The topological polar surface area (TPSA) is 84.3 Å². The normalized spacial score (nSPS) is 13.9. The lowest BCUT2D eigenvalue weighted by atomic mass is 10.2. The summed E-state index contributed by atoms with van der Waals surface area (Å²) in [4.78, 5) is 21.2. The third-order valence-electron chi connectivity index (χ3n) is 2.02. The maximum absolute atomic E-state index is 11.2. The van der Waals surface area contributed by atoms with Gasteiger partial charge in [0.25, 0.3) is 11.6 Å². The van der Waals surface area contributed by atoms with E-state index in [9.17, 15) is 14.9 Å². The van der Waals surface area contributed by atoms with Crippen LogP contribution in [0, 0.1) is 10.1 Å². The first-order chi connectivity index (χ1) is 7.08. The molecule has 6 heteroatoms. The van der Waals surface area contributed by atoms with Gasteiger partial charge in [-0.25, -0.2) is 0 Å². The molecule has 1 aliphatic heterocycles. The number of non-ortho nitro benzene ring substituents is 1. The van der Waals surface area contributed by atoms with Crippen LogP contribution in [-0.4, -0.2) is 10.8 Å². The second-order valence-electron chi connectivity index (χ2n) is 3.04. The van der Waals surface area contributed by atoms with E-state index in [2.05, 4.69) is 17.2 Å². The molecule has 1 aromatic rings. The Kier molecular flexibility index (Phi) is 1.89. The molecule has 2 N–H and O–H groups in total. The van der Waals surface area contributed by atoms with E-state index in [4.69, 9.17) is 0 Å². The first-order valence-corrected chi connectivity index (χ1v) is 4.13. The molecule has 0 bridgehead atoms. The number of nitro groups is 1. The van der Waals surface area contributed by atoms with Crippen molar-refractivity contribution in [3.05, 3.63) is 40.6 Å². The number of hydrogen-bond acceptors (Lipinski definition) is 4. The molecule has 0 radical (unpaired) electrons. The molecule has 0 atom stereocenters. The van der Waals surface area contributed by atoms with Crippen LogP contribution in [0.1, 0.15) is 0 Å². The molecule has 0 saturated carbocycles. The largest absolute Gasteiger partial charge is 0.350 e. The van der Waals surface area contributed by atoms with Crippen molar-refractivity contribution in [2.24, 2.45) is 0 Å². The molecule has 15 heavy (non-hydrogen) atoms. The summed E-state index contributed by atoms with van der Waals surface area (Å²) in [5, 5.41) is 15.7. The third kappa shape index (κ3) is 1.52. The average molecular weight is 205 g/mol. The summed E-state index contributed by atoms with van der Waals surface area (Å²) in [5.41, 5.74) is 1.14. The molecule has 1 aliphatic rings. The highest BCUT2D eigenvalue weighted by Crippen LogP contribution is 2.30. The van der Waals surface area contributed by atoms with Crippen molar-refractivity contribution in [2.75, 3.05) is 10.6 Å². The molecule has 0 aliphatic carbocycles. The second-order valence-corrected chi connectivity index (χ2v) is 3.04. The molecule has 0 spiro atoms. The van der Waals surface area contributed by atoms with Crippen LogP contribution in [0.3, 0.4) is 0 Å². The number of nitro benzene ring substituents is 1. The van der Waals surface area contributed by atoms with E-state index in [-0.39, 0.29) is 17.3 Å². The number of anilines is 2. The molecule has 6 nitrogen and oxygen atoms in total. The zero-order chi connectivity index (χ0) is 11.0. The maximum atomic E-state index is 11.2. The number of hydrogen-bond donors (Lipinski definition) is 2. The Labute approximate surface area is 84.7 Å². The number of carbonyl (C=O) groups is 1. The smallest absolute Gasteiger partial charge is 0.271 e. The van der Waals surface area contributed by atoms with Crippen LogP contribution in [0.5, 0.6) is 0 Å². The quantitative estimate of drug-likeness (QED) is 0.413. The van der Waals surface area contributed by atoms with Gasteiger partial charge in [0.1, 0.15) is 0 Å². The number of rotatable bonds is 1. The zero-order valence-electron chi connectivity index (χ0n) is 7.61. The van der Waals surface area contributed by atoms with Gasteiger partial charge in [-0.2, -0.15) is 0 Å². The van der Waals surface area contributed by atoms with Crippen molar-refractivity contribution >= 4 is 23.0 Å². The lowest BCUT2D eigenvalue weighted by Crippen LogP contribution is -2.24. The van der Waals surface area contributed by atoms with Crippen LogP contribution in [0.2, 0.25) is 0 Å². The highest BCUT2D eigenvalue weighted by Gasteiger charge is 2.19. The second kappa shape index (κ2) is 3.09. The molecule has 0 aromatic heterocycles. The number of benzene rings is 1. The summed E-state index contributed by atoms with van der Waals surface area (Å²) >= 11 is 0. The lowest BCUT2D eigenvalue weighted by molar-refractivity contribution is -0.384. The fourth-order valence-electron chi connectivity index (χ4n) is 1.28. The van der Waals surface area contributed by atoms with Crippen molar-refractivity contribution < 1.29 is 9.72 Å². The van der Waals surface area contributed by atoms with Gasteiger partial charge in [0.15, 0.2) is 0 Å². The number of amides is 1. The Hall–Kier alpha value is -2.37. The highest BCUT2D eigenvalue weighted by atomic mass is 16.6. The van der Waals surface area contributed by atoms with E-state index in [0.29, 0.717) is 11.4 Å². The highest BCUT2D eigenvalue weighted by molar-refractivity contribution is 6.10. The molecule has 2 rings (SSSR count). The number of nitrogens with zero attached hydrogens (tertiary/aromatic N) is 1. The SMILES string of the molecule is C=C1Nc2ccc([N+](=O)[O-])cc2NC1=O. The predicted molar refractivity (Wildman–Crippen MR) is 54.5 cm³/mol. The van der Waals surface area contributed by atoms with E-state index in [1.54, 1.807) is 0 Å². The van der Waals surface area contributed by atoms with Gasteiger partial charge in [-0.05, 0) is 6.07 Å². The van der Waals surface area contributed by atoms with Gasteiger partial charge < -0.3 is 10.6 Å². The molecule has 0 fully saturated rings. The third-order valence-corrected chi connectivity index (χ3v) is 2.02. The van der Waals surface area contributed by atoms with Crippen LogP contribution >= 0.6 is 0 Å². The molecule has 0 unspecified atom stereocenters. The minimum atomic E-state index is -0.518. The van der Waals surface area contributed by atoms with E-state index in [1.807, 2.05) is 0 Å².